The van der Waals surface area contributed by atoms with Gasteiger partial charge in [-0.3, -0.25) is 9.32 Å². The molecule has 158 valence electrons. The standard InChI is InChI=1S/C21H34NO5P/c1-2-18-11-13-19(14-12-18)9-7-5-3-4-6-8-10-21(23)22-16-15-20(17-22)27-28(24,25)26/h11-14,20H,2-10,15-17H2,1H3,(H2,24,25,26). The van der Waals surface area contributed by atoms with Crippen molar-refractivity contribution >= 4 is 13.7 Å². The van der Waals surface area contributed by atoms with Crippen LogP contribution in [0.2, 0.25) is 0 Å². The third-order valence-corrected chi connectivity index (χ3v) is 5.89. The summed E-state index contributed by atoms with van der Waals surface area (Å²) >= 11 is 0. The molecule has 1 saturated heterocycles. The molecule has 0 bridgehead atoms. The minimum absolute atomic E-state index is 0.0624. The van der Waals surface area contributed by atoms with E-state index in [1.807, 2.05) is 0 Å². The van der Waals surface area contributed by atoms with Crippen LogP contribution in [0.4, 0.5) is 0 Å². The predicted molar refractivity (Wildman–Crippen MR) is 110 cm³/mol. The number of benzene rings is 1. The number of rotatable bonds is 12. The molecular weight excluding hydrogens is 377 g/mol. The molecule has 1 unspecified atom stereocenters. The molecule has 0 radical (unpaired) electrons. The van der Waals surface area contributed by atoms with E-state index < -0.39 is 13.9 Å². The number of carbonyl (C=O) groups excluding carboxylic acids is 1. The van der Waals surface area contributed by atoms with Crippen molar-refractivity contribution in [2.24, 2.45) is 0 Å². The Balaban J connectivity index is 1.48. The zero-order valence-electron chi connectivity index (χ0n) is 16.9. The first-order valence-electron chi connectivity index (χ1n) is 10.5. The Morgan fingerprint density at radius 1 is 1.07 bits per heavy atom. The van der Waals surface area contributed by atoms with Crippen molar-refractivity contribution in [3.8, 4) is 0 Å². The van der Waals surface area contributed by atoms with Crippen LogP contribution < -0.4 is 0 Å². The predicted octanol–water partition coefficient (Wildman–Crippen LogP) is 4.23. The van der Waals surface area contributed by atoms with Gasteiger partial charge in [0.2, 0.25) is 5.91 Å². The molecule has 1 atom stereocenters. The first-order chi connectivity index (χ1) is 13.4. The minimum atomic E-state index is -4.47. The second kappa shape index (κ2) is 11.7. The minimum Gasteiger partial charge on any atom is -0.340 e. The Bertz CT molecular complexity index is 643. The fourth-order valence-corrected chi connectivity index (χ4v) is 4.21. The van der Waals surface area contributed by atoms with Crippen molar-refractivity contribution in [2.75, 3.05) is 13.1 Å². The number of amides is 1. The van der Waals surface area contributed by atoms with Crippen LogP contribution in [0.15, 0.2) is 24.3 Å². The van der Waals surface area contributed by atoms with Crippen molar-refractivity contribution in [3.63, 3.8) is 0 Å². The molecule has 0 saturated carbocycles. The number of unbranched alkanes of at least 4 members (excludes halogenated alkanes) is 5. The Labute approximate surface area is 168 Å². The van der Waals surface area contributed by atoms with Gasteiger partial charge in [0, 0.05) is 19.5 Å². The summed E-state index contributed by atoms with van der Waals surface area (Å²) in [4.78, 5) is 31.5. The van der Waals surface area contributed by atoms with Gasteiger partial charge >= 0.3 is 7.82 Å². The van der Waals surface area contributed by atoms with Crippen molar-refractivity contribution in [1.82, 2.24) is 4.90 Å². The monoisotopic (exact) mass is 411 g/mol. The lowest BCUT2D eigenvalue weighted by Crippen LogP contribution is -2.29. The number of nitrogens with zero attached hydrogens (tertiary/aromatic N) is 1. The fraction of sp³-hybridized carbons (Fsp3) is 0.667. The highest BCUT2D eigenvalue weighted by Gasteiger charge is 2.31. The van der Waals surface area contributed by atoms with Gasteiger partial charge in [0.25, 0.3) is 0 Å². The van der Waals surface area contributed by atoms with Crippen LogP contribution in [0.25, 0.3) is 0 Å². The number of likely N-dealkylation sites (tertiary alicyclic amines) is 1. The molecule has 0 aromatic heterocycles. The summed E-state index contributed by atoms with van der Waals surface area (Å²) in [6.45, 7) is 2.97. The zero-order chi connectivity index (χ0) is 20.4. The Morgan fingerprint density at radius 2 is 1.68 bits per heavy atom. The molecule has 1 aromatic rings. The van der Waals surface area contributed by atoms with E-state index in [4.69, 9.17) is 9.79 Å². The van der Waals surface area contributed by atoms with Gasteiger partial charge in [-0.25, -0.2) is 4.57 Å². The number of aryl methyl sites for hydroxylation is 2. The second-order valence-corrected chi connectivity index (χ2v) is 8.83. The van der Waals surface area contributed by atoms with Gasteiger partial charge in [0.05, 0.1) is 6.10 Å². The third kappa shape index (κ3) is 8.87. The smallest absolute Gasteiger partial charge is 0.340 e. The molecule has 2 rings (SSSR count). The zero-order valence-corrected chi connectivity index (χ0v) is 17.8. The van der Waals surface area contributed by atoms with Gasteiger partial charge in [0.15, 0.2) is 0 Å². The summed E-state index contributed by atoms with van der Waals surface area (Å²) in [5, 5.41) is 0. The highest BCUT2D eigenvalue weighted by atomic mass is 31.2. The highest BCUT2D eigenvalue weighted by molar-refractivity contribution is 7.46. The lowest BCUT2D eigenvalue weighted by atomic mass is 10.0. The summed E-state index contributed by atoms with van der Waals surface area (Å²) < 4.78 is 15.5. The van der Waals surface area contributed by atoms with E-state index in [1.165, 1.54) is 30.4 Å². The fourth-order valence-electron chi connectivity index (χ4n) is 3.65. The topological polar surface area (TPSA) is 87.1 Å². The highest BCUT2D eigenvalue weighted by Crippen LogP contribution is 2.39. The molecule has 1 heterocycles. The van der Waals surface area contributed by atoms with E-state index in [-0.39, 0.29) is 12.5 Å². The van der Waals surface area contributed by atoms with Gasteiger partial charge in [-0.2, -0.15) is 0 Å². The molecule has 1 fully saturated rings. The molecule has 2 N–H and O–H groups in total. The molecule has 1 aliphatic heterocycles. The summed E-state index contributed by atoms with van der Waals surface area (Å²) in [5.41, 5.74) is 2.80. The molecule has 6 nitrogen and oxygen atoms in total. The number of hydrogen-bond donors (Lipinski definition) is 2. The van der Waals surface area contributed by atoms with Gasteiger partial charge in [-0.15, -0.1) is 0 Å². The Morgan fingerprint density at radius 3 is 2.32 bits per heavy atom. The SMILES string of the molecule is CCc1ccc(CCCCCCCCC(=O)N2CCC(OP(=O)(O)O)C2)cc1. The van der Waals surface area contributed by atoms with Crippen LogP contribution in [0.3, 0.4) is 0 Å². The third-order valence-electron chi connectivity index (χ3n) is 5.32. The largest absolute Gasteiger partial charge is 0.469 e. The van der Waals surface area contributed by atoms with E-state index in [0.717, 1.165) is 32.1 Å². The van der Waals surface area contributed by atoms with E-state index in [0.29, 0.717) is 19.4 Å². The summed E-state index contributed by atoms with van der Waals surface area (Å²) in [7, 11) is -4.47. The molecule has 0 spiro atoms. The lowest BCUT2D eigenvalue weighted by molar-refractivity contribution is -0.130. The van der Waals surface area contributed by atoms with Crippen molar-refractivity contribution in [1.29, 1.82) is 0 Å². The molecule has 0 aliphatic carbocycles. The van der Waals surface area contributed by atoms with Crippen LogP contribution in [-0.4, -0.2) is 39.8 Å². The van der Waals surface area contributed by atoms with E-state index >= 15 is 0 Å². The molecule has 1 aliphatic rings. The van der Waals surface area contributed by atoms with Crippen LogP contribution >= 0.6 is 7.82 Å². The summed E-state index contributed by atoms with van der Waals surface area (Å²) in [6.07, 6.45) is 9.35. The molecule has 7 heteroatoms. The van der Waals surface area contributed by atoms with Gasteiger partial charge in [0.1, 0.15) is 0 Å². The van der Waals surface area contributed by atoms with Gasteiger partial charge < -0.3 is 14.7 Å². The van der Waals surface area contributed by atoms with Crippen LogP contribution in [0.1, 0.15) is 69.4 Å². The average molecular weight is 411 g/mol. The van der Waals surface area contributed by atoms with E-state index in [9.17, 15) is 9.36 Å². The van der Waals surface area contributed by atoms with Crippen LogP contribution in [0.5, 0.6) is 0 Å². The number of phosphoric ester groups is 1. The number of carbonyl (C=O) groups is 1. The molecular formula is C21H34NO5P. The Kier molecular flexibility index (Phi) is 9.66. The van der Waals surface area contributed by atoms with Crippen molar-refractivity contribution < 1.29 is 23.7 Å². The maximum Gasteiger partial charge on any atom is 0.469 e. The maximum absolute atomic E-state index is 12.2. The molecule has 1 aromatic carbocycles. The van der Waals surface area contributed by atoms with Crippen molar-refractivity contribution in [2.45, 2.75) is 77.2 Å². The van der Waals surface area contributed by atoms with Crippen LogP contribution in [0, 0.1) is 0 Å². The first kappa shape index (κ1) is 23.1. The van der Waals surface area contributed by atoms with Crippen LogP contribution in [-0.2, 0) is 26.7 Å². The first-order valence-corrected chi connectivity index (χ1v) is 12.0. The Hall–Kier alpha value is -1.20. The number of hydrogen-bond acceptors (Lipinski definition) is 3. The van der Waals surface area contributed by atoms with E-state index in [1.54, 1.807) is 4.90 Å². The van der Waals surface area contributed by atoms with Gasteiger partial charge in [-0.1, -0.05) is 56.9 Å². The molecule has 1 amide bonds. The van der Waals surface area contributed by atoms with E-state index in [2.05, 4.69) is 35.7 Å². The summed E-state index contributed by atoms with van der Waals surface area (Å²) in [5.74, 6) is 0.0624. The average Bonchev–Trinajstić information content (AvgIpc) is 3.11. The lowest BCUT2D eigenvalue weighted by Gasteiger charge is -2.16. The van der Waals surface area contributed by atoms with Crippen molar-refractivity contribution in [3.05, 3.63) is 35.4 Å². The quantitative estimate of drug-likeness (QED) is 0.397. The van der Waals surface area contributed by atoms with Gasteiger partial charge in [-0.05, 0) is 43.2 Å². The normalized spacial score (nSPS) is 17.2. The molecule has 28 heavy (non-hydrogen) atoms. The second-order valence-electron chi connectivity index (χ2n) is 7.64. The maximum atomic E-state index is 12.2. The summed E-state index contributed by atoms with van der Waals surface area (Å²) in [6, 6.07) is 8.90. The number of phosphoric acid groups is 1.